The zero-order chi connectivity index (χ0) is 14.7. The Morgan fingerprint density at radius 2 is 2.19 bits per heavy atom. The van der Waals surface area contributed by atoms with Crippen LogP contribution in [0.2, 0.25) is 0 Å². The van der Waals surface area contributed by atoms with E-state index in [2.05, 4.69) is 20.7 Å². The summed E-state index contributed by atoms with van der Waals surface area (Å²) < 4.78 is 5.14. The highest BCUT2D eigenvalue weighted by atomic mass is 16.5. The van der Waals surface area contributed by atoms with Crippen molar-refractivity contribution in [2.75, 3.05) is 11.9 Å². The number of nitrogens with one attached hydrogen (secondary N) is 2. The molecule has 21 heavy (non-hydrogen) atoms. The van der Waals surface area contributed by atoms with Gasteiger partial charge in [-0.15, -0.1) is 0 Å². The van der Waals surface area contributed by atoms with Crippen molar-refractivity contribution < 1.29 is 14.3 Å². The fourth-order valence-corrected chi connectivity index (χ4v) is 2.32. The summed E-state index contributed by atoms with van der Waals surface area (Å²) in [4.78, 5) is 23.7. The highest BCUT2D eigenvalue weighted by Crippen LogP contribution is 2.34. The summed E-state index contributed by atoms with van der Waals surface area (Å²) in [6, 6.07) is 7.36. The number of rotatable bonds is 5. The first-order chi connectivity index (χ1) is 10.2. The van der Waals surface area contributed by atoms with Crippen LogP contribution >= 0.6 is 0 Å². The molecule has 1 aliphatic rings. The number of hydrogen-bond acceptors (Lipinski definition) is 5. The Morgan fingerprint density at radius 3 is 3.00 bits per heavy atom. The van der Waals surface area contributed by atoms with Crippen molar-refractivity contribution in [1.82, 2.24) is 15.4 Å². The van der Waals surface area contributed by atoms with Gasteiger partial charge < -0.3 is 10.1 Å². The maximum atomic E-state index is 11.9. The van der Waals surface area contributed by atoms with E-state index in [1.807, 2.05) is 24.3 Å². The molecule has 108 valence electrons. The number of aromatic amines is 1. The van der Waals surface area contributed by atoms with Gasteiger partial charge in [0.2, 0.25) is 5.91 Å². The van der Waals surface area contributed by atoms with Gasteiger partial charge in [0.1, 0.15) is 0 Å². The van der Waals surface area contributed by atoms with Crippen molar-refractivity contribution in [1.29, 1.82) is 0 Å². The van der Waals surface area contributed by atoms with E-state index in [9.17, 15) is 9.59 Å². The first kappa shape index (κ1) is 13.3. The molecular weight excluding hydrogens is 272 g/mol. The van der Waals surface area contributed by atoms with Crippen molar-refractivity contribution in [2.45, 2.75) is 18.8 Å². The highest BCUT2D eigenvalue weighted by Gasteiger charge is 2.32. The molecule has 1 atom stereocenters. The van der Waals surface area contributed by atoms with Gasteiger partial charge in [0.15, 0.2) is 0 Å². The maximum Gasteiger partial charge on any atom is 0.306 e. The van der Waals surface area contributed by atoms with Gasteiger partial charge in [-0.25, -0.2) is 0 Å². The molecule has 7 nitrogen and oxygen atoms in total. The van der Waals surface area contributed by atoms with Crippen molar-refractivity contribution in [3.63, 3.8) is 0 Å². The normalized spacial score (nSPS) is 16.4. The minimum absolute atomic E-state index is 0.0433. The number of nitrogens with zero attached hydrogens (tertiary/aromatic N) is 2. The van der Waals surface area contributed by atoms with Crippen LogP contribution in [0.15, 0.2) is 30.5 Å². The Hall–Kier alpha value is -2.70. The molecule has 7 heteroatoms. The second-order valence-electron chi connectivity index (χ2n) is 4.77. The quantitative estimate of drug-likeness (QED) is 0.800. The van der Waals surface area contributed by atoms with Crippen LogP contribution in [0.4, 0.5) is 5.69 Å². The van der Waals surface area contributed by atoms with Crippen LogP contribution in [0.1, 0.15) is 23.6 Å². The average Bonchev–Trinajstić information content (AvgIpc) is 3.08. The van der Waals surface area contributed by atoms with Gasteiger partial charge in [-0.1, -0.05) is 18.2 Å². The fraction of sp³-hybridized carbons (Fsp3) is 0.286. The van der Waals surface area contributed by atoms with Crippen molar-refractivity contribution in [3.05, 3.63) is 41.7 Å². The molecule has 1 aromatic heterocycles. The lowest BCUT2D eigenvalue weighted by molar-refractivity contribution is -0.145. The number of fused-ring (bicyclic) bond motifs is 1. The Balaban J connectivity index is 1.54. The number of esters is 1. The molecule has 0 fully saturated rings. The Morgan fingerprint density at radius 1 is 1.33 bits per heavy atom. The number of H-pyrrole nitrogens is 1. The van der Waals surface area contributed by atoms with E-state index in [0.717, 1.165) is 16.9 Å². The van der Waals surface area contributed by atoms with E-state index in [1.165, 1.54) is 0 Å². The molecule has 0 saturated carbocycles. The Labute approximate surface area is 120 Å². The first-order valence-electron chi connectivity index (χ1n) is 6.64. The van der Waals surface area contributed by atoms with Crippen LogP contribution in [0.3, 0.4) is 0 Å². The largest absolute Gasteiger partial charge is 0.465 e. The number of carbonyl (C=O) groups excluding carboxylic acids is 2. The molecule has 2 heterocycles. The summed E-state index contributed by atoms with van der Waals surface area (Å²) in [5, 5.41) is 12.8. The van der Waals surface area contributed by atoms with Gasteiger partial charge in [-0.05, 0) is 11.6 Å². The average molecular weight is 286 g/mol. The third-order valence-corrected chi connectivity index (χ3v) is 3.37. The third-order valence-electron chi connectivity index (χ3n) is 3.37. The van der Waals surface area contributed by atoms with Crippen molar-refractivity contribution in [3.8, 4) is 0 Å². The van der Waals surface area contributed by atoms with Crippen molar-refractivity contribution >= 4 is 17.6 Å². The number of hydrogen-bond donors (Lipinski definition) is 2. The minimum Gasteiger partial charge on any atom is -0.465 e. The van der Waals surface area contributed by atoms with E-state index >= 15 is 0 Å². The lowest BCUT2D eigenvalue weighted by atomic mass is 9.97. The summed E-state index contributed by atoms with van der Waals surface area (Å²) in [5.74, 6) is -1.03. The first-order valence-corrected chi connectivity index (χ1v) is 6.64. The van der Waals surface area contributed by atoms with Crippen LogP contribution in [0.25, 0.3) is 0 Å². The summed E-state index contributed by atoms with van der Waals surface area (Å²) >= 11 is 0. The van der Waals surface area contributed by atoms with E-state index < -0.39 is 11.9 Å². The van der Waals surface area contributed by atoms with Gasteiger partial charge in [-0.3, -0.25) is 9.59 Å². The smallest absolute Gasteiger partial charge is 0.306 e. The molecule has 0 spiro atoms. The molecule has 0 saturated heterocycles. The minimum atomic E-state index is -0.472. The van der Waals surface area contributed by atoms with Gasteiger partial charge in [0, 0.05) is 12.1 Å². The zero-order valence-corrected chi connectivity index (χ0v) is 11.2. The van der Waals surface area contributed by atoms with Gasteiger partial charge in [0.25, 0.3) is 0 Å². The molecule has 1 amide bonds. The summed E-state index contributed by atoms with van der Waals surface area (Å²) in [7, 11) is 0. The predicted molar refractivity (Wildman–Crippen MR) is 73.5 cm³/mol. The Bertz CT molecular complexity index is 654. The van der Waals surface area contributed by atoms with Gasteiger partial charge in [0.05, 0.1) is 30.8 Å². The number of para-hydroxylation sites is 1. The van der Waals surface area contributed by atoms with Crippen LogP contribution in [0.5, 0.6) is 0 Å². The van der Waals surface area contributed by atoms with E-state index in [4.69, 9.17) is 4.74 Å². The number of anilines is 1. The number of amides is 1. The zero-order valence-electron chi connectivity index (χ0n) is 11.2. The molecule has 0 bridgehead atoms. The number of carbonyl (C=O) groups is 2. The topological polar surface area (TPSA) is 97.0 Å². The van der Waals surface area contributed by atoms with Crippen molar-refractivity contribution in [2.24, 2.45) is 0 Å². The molecule has 1 aromatic carbocycles. The fourth-order valence-electron chi connectivity index (χ4n) is 2.32. The van der Waals surface area contributed by atoms with E-state index in [1.54, 1.807) is 6.20 Å². The van der Waals surface area contributed by atoms with Crippen LogP contribution in [-0.2, 0) is 20.7 Å². The van der Waals surface area contributed by atoms with Gasteiger partial charge >= 0.3 is 5.97 Å². The molecular formula is C14H14N4O3. The molecule has 2 aromatic rings. The predicted octanol–water partition coefficient (Wildman–Crippen LogP) is 1.02. The SMILES string of the molecule is O=C(CC1C(=O)Nc2ccccc21)OCCc1cn[nH]n1. The Kier molecular flexibility index (Phi) is 3.63. The molecule has 1 unspecified atom stereocenters. The lowest BCUT2D eigenvalue weighted by Crippen LogP contribution is -2.18. The van der Waals surface area contributed by atoms with E-state index in [-0.39, 0.29) is 18.9 Å². The van der Waals surface area contributed by atoms with Gasteiger partial charge in [-0.2, -0.15) is 15.4 Å². The number of benzene rings is 1. The number of ether oxygens (including phenoxy) is 1. The second kappa shape index (κ2) is 5.74. The maximum absolute atomic E-state index is 11.9. The lowest BCUT2D eigenvalue weighted by Gasteiger charge is -2.08. The third kappa shape index (κ3) is 2.91. The number of aromatic nitrogens is 3. The summed E-state index contributed by atoms with van der Waals surface area (Å²) in [6.45, 7) is 0.224. The molecule has 3 rings (SSSR count). The van der Waals surface area contributed by atoms with Crippen LogP contribution in [-0.4, -0.2) is 33.9 Å². The summed E-state index contributed by atoms with van der Waals surface area (Å²) in [6.07, 6.45) is 2.12. The molecule has 0 radical (unpaired) electrons. The monoisotopic (exact) mass is 286 g/mol. The molecule has 1 aliphatic heterocycles. The standard InChI is InChI=1S/C14H14N4O3/c19-13(21-6-5-9-8-15-18-17-9)7-11-10-3-1-2-4-12(10)16-14(11)20/h1-4,8,11H,5-7H2,(H,16,20)(H,15,17,18). The molecule has 2 N–H and O–H groups in total. The second-order valence-corrected chi connectivity index (χ2v) is 4.77. The van der Waals surface area contributed by atoms with E-state index in [0.29, 0.717) is 6.42 Å². The molecule has 0 aliphatic carbocycles. The summed E-state index contributed by atoms with van der Waals surface area (Å²) in [5.41, 5.74) is 2.34. The van der Waals surface area contributed by atoms with Crippen LogP contribution < -0.4 is 5.32 Å². The highest BCUT2D eigenvalue weighted by molar-refractivity contribution is 6.04. The van der Waals surface area contributed by atoms with Crippen LogP contribution in [0, 0.1) is 0 Å².